The average molecular weight is 212 g/mol. The van der Waals surface area contributed by atoms with Crippen molar-refractivity contribution in [3.8, 4) is 0 Å². The minimum absolute atomic E-state index is 0.554. The number of hydrogen-bond acceptors (Lipinski definition) is 1. The van der Waals surface area contributed by atoms with Crippen molar-refractivity contribution in [2.45, 2.75) is 26.2 Å². The number of halogens is 1. The Morgan fingerprint density at radius 1 is 1.29 bits per heavy atom. The van der Waals surface area contributed by atoms with Crippen LogP contribution in [-0.4, -0.2) is 13.1 Å². The Bertz CT molecular complexity index is 256. The Morgan fingerprint density at radius 2 is 1.93 bits per heavy atom. The van der Waals surface area contributed by atoms with Crippen molar-refractivity contribution < 1.29 is 0 Å². The van der Waals surface area contributed by atoms with Crippen molar-refractivity contribution in [3.63, 3.8) is 0 Å². The molecular formula is C12H18ClN. The molecule has 1 N–H and O–H groups in total. The summed E-state index contributed by atoms with van der Waals surface area (Å²) in [6, 6.07) is 8.10. The molecule has 0 heterocycles. The third-order valence-electron chi connectivity index (χ3n) is 2.32. The van der Waals surface area contributed by atoms with E-state index in [1.807, 2.05) is 12.1 Å². The lowest BCUT2D eigenvalue weighted by Gasteiger charge is -2.12. The second-order valence-electron chi connectivity index (χ2n) is 3.66. The van der Waals surface area contributed by atoms with Crippen LogP contribution >= 0.6 is 11.6 Å². The van der Waals surface area contributed by atoms with Crippen LogP contribution in [0.5, 0.6) is 0 Å². The lowest BCUT2D eigenvalue weighted by atomic mass is 10.0. The van der Waals surface area contributed by atoms with E-state index in [1.54, 1.807) is 0 Å². The van der Waals surface area contributed by atoms with Gasteiger partial charge in [0.15, 0.2) is 0 Å². The van der Waals surface area contributed by atoms with Gasteiger partial charge in [-0.1, -0.05) is 37.6 Å². The Hall–Kier alpha value is -0.530. The molecule has 1 atom stereocenters. The second-order valence-corrected chi connectivity index (χ2v) is 4.09. The van der Waals surface area contributed by atoms with Gasteiger partial charge in [0.2, 0.25) is 0 Å². The van der Waals surface area contributed by atoms with Crippen LogP contribution in [-0.2, 0) is 0 Å². The maximum Gasteiger partial charge on any atom is 0.0406 e. The summed E-state index contributed by atoms with van der Waals surface area (Å²) in [5.74, 6) is 0.554. The molecule has 2 heteroatoms. The summed E-state index contributed by atoms with van der Waals surface area (Å²) in [7, 11) is 0. The number of benzene rings is 1. The summed E-state index contributed by atoms with van der Waals surface area (Å²) >= 11 is 5.83. The fraction of sp³-hybridized carbons (Fsp3) is 0.500. The standard InChI is InChI=1S/C12H18ClN/c1-3-8-14-9-10(2)11-4-6-12(13)7-5-11/h4-7,10,14H,3,8-9H2,1-2H3. The second kappa shape index (κ2) is 6.05. The van der Waals surface area contributed by atoms with E-state index in [1.165, 1.54) is 12.0 Å². The number of hydrogen-bond donors (Lipinski definition) is 1. The lowest BCUT2D eigenvalue weighted by Crippen LogP contribution is -2.20. The first-order valence-electron chi connectivity index (χ1n) is 5.20. The van der Waals surface area contributed by atoms with Crippen LogP contribution in [0.1, 0.15) is 31.7 Å². The molecule has 14 heavy (non-hydrogen) atoms. The maximum atomic E-state index is 5.83. The average Bonchev–Trinajstić information content (AvgIpc) is 2.19. The van der Waals surface area contributed by atoms with Crippen LogP contribution in [0.3, 0.4) is 0 Å². The molecule has 1 unspecified atom stereocenters. The molecule has 1 aromatic carbocycles. The van der Waals surface area contributed by atoms with E-state index in [0.29, 0.717) is 5.92 Å². The molecule has 1 aromatic rings. The fourth-order valence-electron chi connectivity index (χ4n) is 1.40. The third kappa shape index (κ3) is 3.69. The predicted octanol–water partition coefficient (Wildman–Crippen LogP) is 3.44. The zero-order chi connectivity index (χ0) is 10.4. The van der Waals surface area contributed by atoms with Crippen molar-refractivity contribution in [2.24, 2.45) is 0 Å². The van der Waals surface area contributed by atoms with Gasteiger partial charge in [0.25, 0.3) is 0 Å². The van der Waals surface area contributed by atoms with Crippen molar-refractivity contribution in [1.82, 2.24) is 5.32 Å². The zero-order valence-electron chi connectivity index (χ0n) is 8.89. The smallest absolute Gasteiger partial charge is 0.0406 e. The summed E-state index contributed by atoms with van der Waals surface area (Å²) in [5.41, 5.74) is 1.35. The first-order valence-corrected chi connectivity index (χ1v) is 5.58. The molecule has 0 bridgehead atoms. The highest BCUT2D eigenvalue weighted by atomic mass is 35.5. The molecule has 1 rings (SSSR count). The van der Waals surface area contributed by atoms with E-state index in [4.69, 9.17) is 11.6 Å². The highest BCUT2D eigenvalue weighted by molar-refractivity contribution is 6.30. The predicted molar refractivity (Wildman–Crippen MR) is 63.0 cm³/mol. The summed E-state index contributed by atoms with van der Waals surface area (Å²) < 4.78 is 0. The van der Waals surface area contributed by atoms with Gasteiger partial charge in [-0.2, -0.15) is 0 Å². The molecule has 0 radical (unpaired) electrons. The summed E-state index contributed by atoms with van der Waals surface area (Å²) in [6.45, 7) is 6.54. The summed E-state index contributed by atoms with van der Waals surface area (Å²) in [4.78, 5) is 0. The van der Waals surface area contributed by atoms with Gasteiger partial charge >= 0.3 is 0 Å². The monoisotopic (exact) mass is 211 g/mol. The molecule has 78 valence electrons. The van der Waals surface area contributed by atoms with Crippen molar-refractivity contribution in [3.05, 3.63) is 34.9 Å². The number of nitrogens with one attached hydrogen (secondary N) is 1. The van der Waals surface area contributed by atoms with Gasteiger partial charge in [0.1, 0.15) is 0 Å². The van der Waals surface area contributed by atoms with Crippen molar-refractivity contribution in [2.75, 3.05) is 13.1 Å². The summed E-state index contributed by atoms with van der Waals surface area (Å²) in [5, 5.41) is 4.22. The molecule has 0 aromatic heterocycles. The van der Waals surface area contributed by atoms with Crippen LogP contribution in [0, 0.1) is 0 Å². The zero-order valence-corrected chi connectivity index (χ0v) is 9.64. The van der Waals surface area contributed by atoms with Crippen LogP contribution in [0.4, 0.5) is 0 Å². The molecular weight excluding hydrogens is 194 g/mol. The molecule has 0 aliphatic heterocycles. The molecule has 1 nitrogen and oxygen atoms in total. The largest absolute Gasteiger partial charge is 0.316 e. The quantitative estimate of drug-likeness (QED) is 0.736. The van der Waals surface area contributed by atoms with Crippen LogP contribution in [0.25, 0.3) is 0 Å². The van der Waals surface area contributed by atoms with Gasteiger partial charge in [-0.15, -0.1) is 0 Å². The van der Waals surface area contributed by atoms with Crippen LogP contribution < -0.4 is 5.32 Å². The van der Waals surface area contributed by atoms with Gasteiger partial charge in [-0.05, 0) is 36.6 Å². The minimum atomic E-state index is 0.554. The van der Waals surface area contributed by atoms with E-state index in [2.05, 4.69) is 31.3 Å². The number of rotatable bonds is 5. The first kappa shape index (κ1) is 11.5. The van der Waals surface area contributed by atoms with Crippen molar-refractivity contribution >= 4 is 11.6 Å². The Balaban J connectivity index is 2.43. The highest BCUT2D eigenvalue weighted by Crippen LogP contribution is 2.17. The van der Waals surface area contributed by atoms with Crippen LogP contribution in [0.2, 0.25) is 5.02 Å². The topological polar surface area (TPSA) is 12.0 Å². The third-order valence-corrected chi connectivity index (χ3v) is 2.57. The Kier molecular flexibility index (Phi) is 4.99. The van der Waals surface area contributed by atoms with Gasteiger partial charge in [-0.25, -0.2) is 0 Å². The van der Waals surface area contributed by atoms with Crippen molar-refractivity contribution in [1.29, 1.82) is 0 Å². The molecule has 0 saturated carbocycles. The molecule has 0 saturated heterocycles. The minimum Gasteiger partial charge on any atom is -0.316 e. The molecule has 0 fully saturated rings. The van der Waals surface area contributed by atoms with Crippen LogP contribution in [0.15, 0.2) is 24.3 Å². The summed E-state index contributed by atoms with van der Waals surface area (Å²) in [6.07, 6.45) is 1.19. The van der Waals surface area contributed by atoms with Gasteiger partial charge < -0.3 is 5.32 Å². The van der Waals surface area contributed by atoms with E-state index < -0.39 is 0 Å². The molecule has 0 aliphatic carbocycles. The first-order chi connectivity index (χ1) is 6.74. The van der Waals surface area contributed by atoms with E-state index >= 15 is 0 Å². The normalized spacial score (nSPS) is 12.8. The molecule has 0 spiro atoms. The maximum absolute atomic E-state index is 5.83. The van der Waals surface area contributed by atoms with E-state index in [9.17, 15) is 0 Å². The molecule has 0 aliphatic rings. The van der Waals surface area contributed by atoms with Gasteiger partial charge in [0.05, 0.1) is 0 Å². The lowest BCUT2D eigenvalue weighted by molar-refractivity contribution is 0.609. The Labute approximate surface area is 91.5 Å². The molecule has 0 amide bonds. The van der Waals surface area contributed by atoms with E-state index in [0.717, 1.165) is 18.1 Å². The fourth-order valence-corrected chi connectivity index (χ4v) is 1.53. The van der Waals surface area contributed by atoms with Gasteiger partial charge in [-0.3, -0.25) is 0 Å². The SMILES string of the molecule is CCCNCC(C)c1ccc(Cl)cc1. The van der Waals surface area contributed by atoms with Gasteiger partial charge in [0, 0.05) is 11.6 Å². The Morgan fingerprint density at radius 3 is 2.50 bits per heavy atom. The van der Waals surface area contributed by atoms with E-state index in [-0.39, 0.29) is 0 Å². The highest BCUT2D eigenvalue weighted by Gasteiger charge is 2.03.